The monoisotopic (exact) mass is 581 g/mol. The van der Waals surface area contributed by atoms with E-state index in [1.807, 2.05) is 66.4 Å². The molecule has 182 valence electrons. The van der Waals surface area contributed by atoms with Gasteiger partial charge in [-0.3, -0.25) is 9.59 Å². The van der Waals surface area contributed by atoms with Crippen LogP contribution in [0, 0.1) is 0 Å². The summed E-state index contributed by atoms with van der Waals surface area (Å²) in [6.07, 6.45) is 0. The number of hydrogen-bond donors (Lipinski definition) is 2. The lowest BCUT2D eigenvalue weighted by molar-refractivity contribution is -0.113. The Balaban J connectivity index is 1.70. The number of Topliss-reactive ketones (excluding diaryl/α,β-unsaturated/α-hetero) is 1. The van der Waals surface area contributed by atoms with Gasteiger partial charge in [0.2, 0.25) is 0 Å². The van der Waals surface area contributed by atoms with Gasteiger partial charge in [-0.2, -0.15) is 0 Å². The molecule has 1 atom stereocenters. The van der Waals surface area contributed by atoms with Crippen molar-refractivity contribution in [3.05, 3.63) is 121 Å². The number of halogens is 3. The number of allylic oxidation sites excluding steroid dienone is 2. The molecular weight excluding hydrogens is 561 g/mol. The van der Waals surface area contributed by atoms with Gasteiger partial charge in [-0.25, -0.2) is 0 Å². The Morgan fingerprint density at radius 1 is 1.00 bits per heavy atom. The van der Waals surface area contributed by atoms with Crippen LogP contribution in [-0.4, -0.2) is 29.7 Å². The molecule has 2 heterocycles. The molecule has 5 nitrogen and oxygen atoms in total. The fraction of sp³-hybridized carbons (Fsp3) is 0.143. The molecule has 5 rings (SSSR count). The van der Waals surface area contributed by atoms with Crippen LogP contribution in [0.2, 0.25) is 10.0 Å². The lowest BCUT2D eigenvalue weighted by Gasteiger charge is -2.36. The first kappa shape index (κ1) is 24.6. The van der Waals surface area contributed by atoms with E-state index in [-0.39, 0.29) is 11.7 Å². The maximum absolute atomic E-state index is 14.2. The molecule has 3 aromatic carbocycles. The number of benzene rings is 3. The average molecular weight is 583 g/mol. The van der Waals surface area contributed by atoms with Crippen molar-refractivity contribution in [1.82, 2.24) is 10.2 Å². The van der Waals surface area contributed by atoms with Gasteiger partial charge in [0.25, 0.3) is 5.91 Å². The number of ketones is 1. The molecule has 1 amide bonds. The number of para-hydroxylation sites is 1. The molecule has 0 spiro atoms. The molecule has 36 heavy (non-hydrogen) atoms. The first-order valence-corrected chi connectivity index (χ1v) is 13.0. The van der Waals surface area contributed by atoms with Crippen molar-refractivity contribution in [2.24, 2.45) is 0 Å². The van der Waals surface area contributed by atoms with Crippen molar-refractivity contribution >= 4 is 56.5 Å². The number of carbonyl (C=O) groups is 2. The standard InChI is InChI=1S/C28H22BrCl2N3O2/c1-16-23(28(36)33-20-5-3-2-4-6-20)24(17-7-9-18(29)10-8-17)25(27-32-13-14-34(16)27)26(35)21-15-19(30)11-12-22(21)31/h2-12,15,24,32H,13-14H2,1H3,(H,33,36). The molecule has 0 bridgehead atoms. The van der Waals surface area contributed by atoms with E-state index < -0.39 is 5.92 Å². The molecule has 8 heteroatoms. The fourth-order valence-corrected chi connectivity index (χ4v) is 5.40. The zero-order chi connectivity index (χ0) is 25.4. The van der Waals surface area contributed by atoms with Crippen LogP contribution in [0.15, 0.2) is 99.9 Å². The van der Waals surface area contributed by atoms with Gasteiger partial charge in [0.1, 0.15) is 5.82 Å². The highest BCUT2D eigenvalue weighted by molar-refractivity contribution is 9.10. The van der Waals surface area contributed by atoms with E-state index in [4.69, 9.17) is 23.2 Å². The Morgan fingerprint density at radius 2 is 1.72 bits per heavy atom. The first-order chi connectivity index (χ1) is 17.3. The summed E-state index contributed by atoms with van der Waals surface area (Å²) >= 11 is 16.2. The molecule has 0 saturated carbocycles. The van der Waals surface area contributed by atoms with Crippen LogP contribution in [0.4, 0.5) is 5.69 Å². The van der Waals surface area contributed by atoms with E-state index in [9.17, 15) is 9.59 Å². The summed E-state index contributed by atoms with van der Waals surface area (Å²) in [4.78, 5) is 30.0. The molecule has 0 aromatic heterocycles. The van der Waals surface area contributed by atoms with Gasteiger partial charge in [-0.1, -0.05) is 69.5 Å². The van der Waals surface area contributed by atoms with E-state index in [0.717, 1.165) is 15.7 Å². The van der Waals surface area contributed by atoms with Crippen molar-refractivity contribution in [3.63, 3.8) is 0 Å². The highest BCUT2D eigenvalue weighted by atomic mass is 79.9. The first-order valence-electron chi connectivity index (χ1n) is 11.4. The number of nitrogens with one attached hydrogen (secondary N) is 2. The van der Waals surface area contributed by atoms with E-state index in [0.29, 0.717) is 51.4 Å². The number of hydrogen-bond acceptors (Lipinski definition) is 4. The minimum Gasteiger partial charge on any atom is -0.369 e. The highest BCUT2D eigenvalue weighted by Crippen LogP contribution is 2.44. The molecule has 1 unspecified atom stereocenters. The van der Waals surface area contributed by atoms with Gasteiger partial charge < -0.3 is 15.5 Å². The Labute approximate surface area is 227 Å². The molecule has 2 N–H and O–H groups in total. The van der Waals surface area contributed by atoms with Gasteiger partial charge in [-0.05, 0) is 55.0 Å². The third-order valence-corrected chi connectivity index (χ3v) is 7.52. The molecule has 1 fully saturated rings. The van der Waals surface area contributed by atoms with E-state index >= 15 is 0 Å². The smallest absolute Gasteiger partial charge is 0.254 e. The third kappa shape index (κ3) is 4.57. The van der Waals surface area contributed by atoms with Crippen molar-refractivity contribution in [2.75, 3.05) is 18.4 Å². The highest BCUT2D eigenvalue weighted by Gasteiger charge is 2.42. The zero-order valence-corrected chi connectivity index (χ0v) is 22.4. The minimum absolute atomic E-state index is 0.264. The molecule has 0 radical (unpaired) electrons. The quantitative estimate of drug-likeness (QED) is 0.326. The van der Waals surface area contributed by atoms with Crippen molar-refractivity contribution in [3.8, 4) is 0 Å². The number of amides is 1. The number of anilines is 1. The third-order valence-electron chi connectivity index (χ3n) is 6.42. The Hall–Kier alpha value is -3.06. The van der Waals surface area contributed by atoms with Gasteiger partial charge in [0.05, 0.1) is 10.6 Å². The Bertz CT molecular complexity index is 1420. The average Bonchev–Trinajstić information content (AvgIpc) is 3.36. The van der Waals surface area contributed by atoms with Crippen LogP contribution in [0.3, 0.4) is 0 Å². The topological polar surface area (TPSA) is 61.4 Å². The summed E-state index contributed by atoms with van der Waals surface area (Å²) in [5, 5.41) is 7.11. The van der Waals surface area contributed by atoms with E-state index in [1.54, 1.807) is 18.2 Å². The minimum atomic E-state index is -0.624. The lowest BCUT2D eigenvalue weighted by atomic mass is 9.77. The second-order valence-electron chi connectivity index (χ2n) is 8.60. The maximum atomic E-state index is 14.2. The summed E-state index contributed by atoms with van der Waals surface area (Å²) in [6.45, 7) is 3.20. The van der Waals surface area contributed by atoms with Gasteiger partial charge in [0, 0.05) is 51.0 Å². The summed E-state index contributed by atoms with van der Waals surface area (Å²) in [5.41, 5.74) is 3.56. The lowest BCUT2D eigenvalue weighted by Crippen LogP contribution is -2.36. The fourth-order valence-electron chi connectivity index (χ4n) is 4.76. The molecule has 0 aliphatic carbocycles. The molecule has 2 aliphatic rings. The molecule has 1 saturated heterocycles. The van der Waals surface area contributed by atoms with Gasteiger partial charge in [-0.15, -0.1) is 0 Å². The predicted molar refractivity (Wildman–Crippen MR) is 147 cm³/mol. The number of nitrogens with zero attached hydrogens (tertiary/aromatic N) is 1. The molecule has 3 aromatic rings. The summed E-state index contributed by atoms with van der Waals surface area (Å²) < 4.78 is 0.900. The normalized spacial score (nSPS) is 17.1. The summed E-state index contributed by atoms with van der Waals surface area (Å²) in [5.74, 6) is -0.471. The summed E-state index contributed by atoms with van der Waals surface area (Å²) in [7, 11) is 0. The largest absolute Gasteiger partial charge is 0.369 e. The predicted octanol–water partition coefficient (Wildman–Crippen LogP) is 6.77. The second kappa shape index (κ2) is 10.1. The summed E-state index contributed by atoms with van der Waals surface area (Å²) in [6, 6.07) is 21.8. The van der Waals surface area contributed by atoms with Crippen LogP contribution in [0.5, 0.6) is 0 Å². The van der Waals surface area contributed by atoms with Crippen LogP contribution < -0.4 is 10.6 Å². The van der Waals surface area contributed by atoms with E-state index in [2.05, 4.69) is 26.6 Å². The SMILES string of the molecule is CC1=C(C(=O)Nc2ccccc2)C(c2ccc(Br)cc2)C(C(=O)c2cc(Cl)ccc2Cl)=C2NCCN12. The second-order valence-corrected chi connectivity index (χ2v) is 10.4. The van der Waals surface area contributed by atoms with Crippen LogP contribution >= 0.6 is 39.1 Å². The number of fused-ring (bicyclic) bond motifs is 1. The van der Waals surface area contributed by atoms with Crippen molar-refractivity contribution < 1.29 is 9.59 Å². The van der Waals surface area contributed by atoms with Crippen LogP contribution in [0.1, 0.15) is 28.8 Å². The molecule has 2 aliphatic heterocycles. The van der Waals surface area contributed by atoms with Crippen molar-refractivity contribution in [1.29, 1.82) is 0 Å². The Morgan fingerprint density at radius 3 is 2.44 bits per heavy atom. The zero-order valence-electron chi connectivity index (χ0n) is 19.3. The van der Waals surface area contributed by atoms with Crippen molar-refractivity contribution in [2.45, 2.75) is 12.8 Å². The van der Waals surface area contributed by atoms with Crippen LogP contribution in [0.25, 0.3) is 0 Å². The van der Waals surface area contributed by atoms with E-state index in [1.165, 1.54) is 0 Å². The number of rotatable bonds is 5. The van der Waals surface area contributed by atoms with Gasteiger partial charge >= 0.3 is 0 Å². The maximum Gasteiger partial charge on any atom is 0.254 e. The number of carbonyl (C=O) groups excluding carboxylic acids is 2. The Kier molecular flexibility index (Phi) is 6.93. The van der Waals surface area contributed by atoms with Gasteiger partial charge in [0.15, 0.2) is 5.78 Å². The molecular formula is C28H22BrCl2N3O2. The van der Waals surface area contributed by atoms with Crippen LogP contribution in [-0.2, 0) is 4.79 Å².